The lowest BCUT2D eigenvalue weighted by Crippen LogP contribution is -2.04. The fraction of sp³-hybridized carbons (Fsp3) is 0.214. The fourth-order valence-electron chi connectivity index (χ4n) is 5.00. The second-order valence-corrected chi connectivity index (χ2v) is 9.04. The molecule has 8 heteroatoms. The molecule has 1 aliphatic heterocycles. The number of pyridine rings is 1. The lowest BCUT2D eigenvalue weighted by atomic mass is 9.88. The van der Waals surface area contributed by atoms with Crippen LogP contribution in [0.5, 0.6) is 5.75 Å². The zero-order valence-electron chi connectivity index (χ0n) is 20.5. The van der Waals surface area contributed by atoms with Crippen molar-refractivity contribution in [1.82, 2.24) is 24.7 Å². The number of fused-ring (bicyclic) bond motifs is 3. The fourth-order valence-corrected chi connectivity index (χ4v) is 5.00. The number of aromatic nitrogens is 5. The number of allylic oxidation sites excluding steroid dienone is 1. The number of nitrogens with one attached hydrogen (secondary N) is 1. The predicted molar refractivity (Wildman–Crippen MR) is 137 cm³/mol. The van der Waals surface area contributed by atoms with Crippen LogP contribution >= 0.6 is 0 Å². The summed E-state index contributed by atoms with van der Waals surface area (Å²) in [6.45, 7) is 8.54. The molecule has 0 radical (unpaired) electrons. The summed E-state index contributed by atoms with van der Waals surface area (Å²) in [7, 11) is 0. The van der Waals surface area contributed by atoms with E-state index in [-0.39, 0.29) is 0 Å². The van der Waals surface area contributed by atoms with Gasteiger partial charge in [0, 0.05) is 29.4 Å². The molecular weight excluding hydrogens is 454 g/mol. The number of hydrogen-bond acceptors (Lipinski definition) is 6. The van der Waals surface area contributed by atoms with Crippen LogP contribution in [0.4, 0.5) is 0 Å². The third-order valence-electron chi connectivity index (χ3n) is 6.79. The first kappa shape index (κ1) is 22.0. The second kappa shape index (κ2) is 8.34. The monoisotopic (exact) mass is 479 g/mol. The zero-order valence-corrected chi connectivity index (χ0v) is 20.5. The number of rotatable bonds is 3. The minimum atomic E-state index is -0.586. The van der Waals surface area contributed by atoms with Crippen molar-refractivity contribution in [3.8, 4) is 11.4 Å². The summed E-state index contributed by atoms with van der Waals surface area (Å²) in [4.78, 5) is 23.9. The minimum absolute atomic E-state index is 0.395. The quantitative estimate of drug-likeness (QED) is 0.384. The van der Waals surface area contributed by atoms with Gasteiger partial charge in [-0.3, -0.25) is 14.1 Å². The summed E-state index contributed by atoms with van der Waals surface area (Å²) in [6, 6.07) is 14.3. The number of imidazole rings is 1. The first-order valence-electron chi connectivity index (χ1n) is 11.9. The lowest BCUT2D eigenvalue weighted by Gasteiger charge is -2.16. The molecule has 4 heterocycles. The minimum Gasteiger partial charge on any atom is -0.488 e. The van der Waals surface area contributed by atoms with Gasteiger partial charge in [-0.05, 0) is 72.9 Å². The number of aryl methyl sites for hydroxylation is 3. The molecule has 0 saturated heterocycles. The van der Waals surface area contributed by atoms with Crippen molar-refractivity contribution in [2.24, 2.45) is 0 Å². The third kappa shape index (κ3) is 3.37. The zero-order chi connectivity index (χ0) is 25.0. The maximum absolute atomic E-state index is 11.7. The Morgan fingerprint density at radius 2 is 2.00 bits per heavy atom. The van der Waals surface area contributed by atoms with Crippen LogP contribution in [0.3, 0.4) is 0 Å². The van der Waals surface area contributed by atoms with Crippen molar-refractivity contribution in [2.45, 2.75) is 40.7 Å². The van der Waals surface area contributed by atoms with Gasteiger partial charge < -0.3 is 4.74 Å². The van der Waals surface area contributed by atoms with Crippen LogP contribution in [-0.2, 0) is 13.0 Å². The molecule has 0 aliphatic carbocycles. The van der Waals surface area contributed by atoms with Crippen LogP contribution < -0.4 is 10.5 Å². The van der Waals surface area contributed by atoms with E-state index in [1.54, 1.807) is 0 Å². The summed E-state index contributed by atoms with van der Waals surface area (Å²) < 4.78 is 13.3. The van der Waals surface area contributed by atoms with Gasteiger partial charge in [0.25, 0.3) is 0 Å². The maximum atomic E-state index is 11.7. The first-order chi connectivity index (χ1) is 17.5. The van der Waals surface area contributed by atoms with Crippen molar-refractivity contribution < 1.29 is 9.26 Å². The van der Waals surface area contributed by atoms with E-state index in [9.17, 15) is 4.79 Å². The number of aromatic amines is 1. The van der Waals surface area contributed by atoms with E-state index >= 15 is 0 Å². The average Bonchev–Trinajstić information content (AvgIpc) is 3.44. The summed E-state index contributed by atoms with van der Waals surface area (Å²) >= 11 is 0. The van der Waals surface area contributed by atoms with E-state index in [0.717, 1.165) is 73.8 Å². The summed E-state index contributed by atoms with van der Waals surface area (Å²) in [6.07, 6.45) is 2.60. The molecule has 1 aliphatic rings. The lowest BCUT2D eigenvalue weighted by molar-refractivity contribution is 0.307. The Morgan fingerprint density at radius 3 is 2.78 bits per heavy atom. The van der Waals surface area contributed by atoms with Crippen LogP contribution in [0.2, 0.25) is 0 Å². The van der Waals surface area contributed by atoms with Gasteiger partial charge >= 0.3 is 5.76 Å². The summed E-state index contributed by atoms with van der Waals surface area (Å²) in [5.74, 6) is 1.55. The molecule has 8 nitrogen and oxygen atoms in total. The second-order valence-electron chi connectivity index (χ2n) is 9.04. The molecule has 0 unspecified atom stereocenters. The molecule has 1 N–H and O–H groups in total. The first-order valence-corrected chi connectivity index (χ1v) is 11.9. The van der Waals surface area contributed by atoms with Gasteiger partial charge in [0.2, 0.25) is 0 Å². The molecule has 6 rings (SSSR count). The number of hydrogen-bond donors (Lipinski definition) is 1. The predicted octanol–water partition coefficient (Wildman–Crippen LogP) is 5.15. The highest BCUT2D eigenvalue weighted by Gasteiger charge is 2.25. The van der Waals surface area contributed by atoms with Gasteiger partial charge in [0.05, 0.1) is 0 Å². The van der Waals surface area contributed by atoms with E-state index in [2.05, 4.69) is 64.7 Å². The normalized spacial score (nSPS) is 14.2. The SMILES string of the molecule is CCc1nc2c(C)ccnc2n1-c1ccc2c(c1)COc1cccc(C)c1/C2=C(/C)c1noc(=O)[nH]1. The Hall–Kier alpha value is -4.46. The van der Waals surface area contributed by atoms with E-state index in [1.165, 1.54) is 0 Å². The third-order valence-corrected chi connectivity index (χ3v) is 6.79. The average molecular weight is 480 g/mol. The topological polar surface area (TPSA) is 98.8 Å². The Balaban J connectivity index is 1.61. The highest BCUT2D eigenvalue weighted by Crippen LogP contribution is 2.42. The molecule has 36 heavy (non-hydrogen) atoms. The van der Waals surface area contributed by atoms with Crippen LogP contribution in [0.25, 0.3) is 28.0 Å². The molecule has 2 aromatic carbocycles. The summed E-state index contributed by atoms with van der Waals surface area (Å²) in [5.41, 5.74) is 9.65. The Bertz CT molecular complexity index is 1740. The van der Waals surface area contributed by atoms with Gasteiger partial charge in [0.15, 0.2) is 11.5 Å². The van der Waals surface area contributed by atoms with E-state index in [0.29, 0.717) is 12.4 Å². The molecule has 180 valence electrons. The molecule has 0 saturated carbocycles. The van der Waals surface area contributed by atoms with Crippen LogP contribution in [0.1, 0.15) is 53.3 Å². The Kier molecular flexibility index (Phi) is 5.10. The molecule has 0 fully saturated rings. The van der Waals surface area contributed by atoms with Crippen molar-refractivity contribution in [3.05, 3.63) is 98.7 Å². The molecule has 5 aromatic rings. The standard InChI is InChI=1S/C28H25N5O3/c1-5-22-30-25-16(3)11-12-29-27(25)33(22)19-9-10-20-18(13-19)14-35-21-8-6-7-15(2)23(21)24(20)17(4)26-31-28(34)36-32-26/h6-13H,5,14H2,1-4H3,(H,31,32,34)/b24-17-. The number of nitrogens with zero attached hydrogens (tertiary/aromatic N) is 4. The summed E-state index contributed by atoms with van der Waals surface area (Å²) in [5, 5.41) is 3.96. The van der Waals surface area contributed by atoms with E-state index < -0.39 is 5.76 Å². The molecular formula is C28H25N5O3. The number of benzene rings is 2. The number of H-pyrrole nitrogens is 1. The smallest absolute Gasteiger partial charge is 0.439 e. The van der Waals surface area contributed by atoms with E-state index in [4.69, 9.17) is 14.2 Å². The van der Waals surface area contributed by atoms with E-state index in [1.807, 2.05) is 31.3 Å². The van der Waals surface area contributed by atoms with Crippen molar-refractivity contribution >= 4 is 22.3 Å². The molecule has 0 amide bonds. The van der Waals surface area contributed by atoms with Crippen LogP contribution in [0, 0.1) is 13.8 Å². The largest absolute Gasteiger partial charge is 0.488 e. The van der Waals surface area contributed by atoms with Crippen LogP contribution in [0.15, 0.2) is 58.0 Å². The van der Waals surface area contributed by atoms with Gasteiger partial charge in [0.1, 0.15) is 23.7 Å². The number of ether oxygens (including phenoxy) is 1. The highest BCUT2D eigenvalue weighted by molar-refractivity contribution is 6.00. The molecule has 3 aromatic heterocycles. The van der Waals surface area contributed by atoms with Crippen molar-refractivity contribution in [2.75, 3.05) is 0 Å². The Morgan fingerprint density at radius 1 is 1.14 bits per heavy atom. The van der Waals surface area contributed by atoms with Gasteiger partial charge in [-0.25, -0.2) is 14.8 Å². The van der Waals surface area contributed by atoms with Crippen molar-refractivity contribution in [3.63, 3.8) is 0 Å². The van der Waals surface area contributed by atoms with Gasteiger partial charge in [-0.2, -0.15) is 0 Å². The molecule has 0 bridgehead atoms. The van der Waals surface area contributed by atoms with Gasteiger partial charge in [-0.15, -0.1) is 0 Å². The highest BCUT2D eigenvalue weighted by atomic mass is 16.5. The maximum Gasteiger partial charge on any atom is 0.439 e. The molecule has 0 spiro atoms. The van der Waals surface area contributed by atoms with Gasteiger partial charge in [-0.1, -0.05) is 30.3 Å². The van der Waals surface area contributed by atoms with Crippen molar-refractivity contribution in [1.29, 1.82) is 0 Å². The Labute approximate surface area is 207 Å². The molecule has 0 atom stereocenters. The van der Waals surface area contributed by atoms with Crippen LogP contribution in [-0.4, -0.2) is 24.7 Å².